The zero-order valence-electron chi connectivity index (χ0n) is 9.19. The molecule has 6 nitrogen and oxygen atoms in total. The van der Waals surface area contributed by atoms with Gasteiger partial charge in [0.1, 0.15) is 0 Å². The van der Waals surface area contributed by atoms with Crippen molar-refractivity contribution in [3.8, 4) is 0 Å². The standard InChI is InChI=1S/C10H12N4O2S/c1-2-6(7-4-3-5-17-7)11-8-9(15)12-10(16)14-13-8/h3-6H,2H2,1H3,(H,11,13)(H2,12,14,15,16). The predicted octanol–water partition coefficient (Wildman–Crippen LogP) is 1.08. The molecule has 0 bridgehead atoms. The summed E-state index contributed by atoms with van der Waals surface area (Å²) in [7, 11) is 0. The summed E-state index contributed by atoms with van der Waals surface area (Å²) >= 11 is 1.61. The minimum Gasteiger partial charge on any atom is -0.356 e. The zero-order chi connectivity index (χ0) is 12.3. The molecular formula is C10H12N4O2S. The van der Waals surface area contributed by atoms with Gasteiger partial charge in [-0.25, -0.2) is 9.89 Å². The number of hydrogen-bond acceptors (Lipinski definition) is 5. The molecule has 2 aromatic rings. The number of aromatic amines is 2. The van der Waals surface area contributed by atoms with Gasteiger partial charge in [0.25, 0.3) is 5.56 Å². The fourth-order valence-electron chi connectivity index (χ4n) is 1.47. The van der Waals surface area contributed by atoms with Crippen LogP contribution in [0.5, 0.6) is 0 Å². The number of thiophene rings is 1. The normalized spacial score (nSPS) is 12.3. The first-order valence-corrected chi connectivity index (χ1v) is 6.07. The number of H-pyrrole nitrogens is 2. The second-order valence-corrected chi connectivity index (χ2v) is 4.46. The van der Waals surface area contributed by atoms with E-state index in [1.54, 1.807) is 11.3 Å². The van der Waals surface area contributed by atoms with Crippen LogP contribution >= 0.6 is 11.3 Å². The highest BCUT2D eigenvalue weighted by Gasteiger charge is 2.12. The third-order valence-corrected chi connectivity index (χ3v) is 3.30. The van der Waals surface area contributed by atoms with Gasteiger partial charge >= 0.3 is 5.69 Å². The highest BCUT2D eigenvalue weighted by Crippen LogP contribution is 2.23. The number of nitrogens with zero attached hydrogens (tertiary/aromatic N) is 1. The highest BCUT2D eigenvalue weighted by molar-refractivity contribution is 7.10. The molecule has 0 amide bonds. The van der Waals surface area contributed by atoms with E-state index in [2.05, 4.69) is 20.5 Å². The summed E-state index contributed by atoms with van der Waals surface area (Å²) in [6.45, 7) is 2.01. The highest BCUT2D eigenvalue weighted by atomic mass is 32.1. The van der Waals surface area contributed by atoms with Crippen molar-refractivity contribution < 1.29 is 0 Å². The molecule has 0 aromatic carbocycles. The summed E-state index contributed by atoms with van der Waals surface area (Å²) in [5.41, 5.74) is -1.12. The number of anilines is 1. The van der Waals surface area contributed by atoms with Crippen molar-refractivity contribution in [3.05, 3.63) is 43.2 Å². The molecule has 0 saturated heterocycles. The Kier molecular flexibility index (Phi) is 3.38. The van der Waals surface area contributed by atoms with Gasteiger partial charge < -0.3 is 5.32 Å². The molecule has 17 heavy (non-hydrogen) atoms. The number of nitrogens with one attached hydrogen (secondary N) is 3. The molecule has 0 fully saturated rings. The van der Waals surface area contributed by atoms with Gasteiger partial charge in [-0.05, 0) is 17.9 Å². The molecule has 3 N–H and O–H groups in total. The first kappa shape index (κ1) is 11.6. The van der Waals surface area contributed by atoms with E-state index < -0.39 is 11.2 Å². The molecule has 1 atom stereocenters. The predicted molar refractivity (Wildman–Crippen MR) is 66.5 cm³/mol. The van der Waals surface area contributed by atoms with Crippen LogP contribution in [0.15, 0.2) is 27.1 Å². The van der Waals surface area contributed by atoms with Crippen LogP contribution in [0.2, 0.25) is 0 Å². The second-order valence-electron chi connectivity index (χ2n) is 3.48. The molecular weight excluding hydrogens is 240 g/mol. The van der Waals surface area contributed by atoms with E-state index in [0.29, 0.717) is 0 Å². The Morgan fingerprint density at radius 2 is 2.35 bits per heavy atom. The zero-order valence-corrected chi connectivity index (χ0v) is 10.0. The lowest BCUT2D eigenvalue weighted by atomic mass is 10.2. The van der Waals surface area contributed by atoms with Gasteiger partial charge in [0.2, 0.25) is 5.82 Å². The van der Waals surface area contributed by atoms with Crippen molar-refractivity contribution >= 4 is 17.2 Å². The van der Waals surface area contributed by atoms with Crippen LogP contribution in [0.4, 0.5) is 5.82 Å². The number of rotatable bonds is 4. The van der Waals surface area contributed by atoms with Crippen LogP contribution in [0.3, 0.4) is 0 Å². The lowest BCUT2D eigenvalue weighted by Gasteiger charge is -2.14. The average molecular weight is 252 g/mol. The molecule has 0 saturated carbocycles. The molecule has 7 heteroatoms. The first-order chi connectivity index (χ1) is 8.20. The summed E-state index contributed by atoms with van der Waals surface area (Å²) in [6, 6.07) is 3.97. The van der Waals surface area contributed by atoms with Crippen molar-refractivity contribution in [2.75, 3.05) is 5.32 Å². The van der Waals surface area contributed by atoms with Gasteiger partial charge in [-0.1, -0.05) is 13.0 Å². The van der Waals surface area contributed by atoms with Crippen molar-refractivity contribution in [2.24, 2.45) is 0 Å². The largest absolute Gasteiger partial charge is 0.356 e. The van der Waals surface area contributed by atoms with Gasteiger partial charge in [-0.15, -0.1) is 16.4 Å². The molecule has 0 aliphatic heterocycles. The molecule has 2 aromatic heterocycles. The fraction of sp³-hybridized carbons (Fsp3) is 0.300. The van der Waals surface area contributed by atoms with E-state index in [-0.39, 0.29) is 11.9 Å². The summed E-state index contributed by atoms with van der Waals surface area (Å²) in [5, 5.41) is 10.9. The van der Waals surface area contributed by atoms with E-state index in [9.17, 15) is 9.59 Å². The smallest absolute Gasteiger partial charge is 0.342 e. The van der Waals surface area contributed by atoms with E-state index in [0.717, 1.165) is 11.3 Å². The Bertz CT molecular complexity index is 587. The third-order valence-electron chi connectivity index (χ3n) is 2.32. The van der Waals surface area contributed by atoms with Crippen LogP contribution in [-0.2, 0) is 0 Å². The van der Waals surface area contributed by atoms with Crippen molar-refractivity contribution in [2.45, 2.75) is 19.4 Å². The van der Waals surface area contributed by atoms with E-state index in [4.69, 9.17) is 0 Å². The third kappa shape index (κ3) is 2.62. The lowest BCUT2D eigenvalue weighted by Crippen LogP contribution is -2.28. The fourth-order valence-corrected chi connectivity index (χ4v) is 2.34. The summed E-state index contributed by atoms with van der Waals surface area (Å²) in [4.78, 5) is 25.5. The Labute approximate surface area is 101 Å². The average Bonchev–Trinajstić information content (AvgIpc) is 2.81. The monoisotopic (exact) mass is 252 g/mol. The molecule has 90 valence electrons. The maximum absolute atomic E-state index is 11.5. The Balaban J connectivity index is 2.25. The van der Waals surface area contributed by atoms with Crippen molar-refractivity contribution in [3.63, 3.8) is 0 Å². The van der Waals surface area contributed by atoms with Crippen LogP contribution in [0, 0.1) is 0 Å². The Morgan fingerprint density at radius 1 is 1.53 bits per heavy atom. The van der Waals surface area contributed by atoms with Gasteiger partial charge in [0.15, 0.2) is 0 Å². The van der Waals surface area contributed by atoms with Crippen LogP contribution < -0.4 is 16.6 Å². The molecule has 0 aliphatic rings. The topological polar surface area (TPSA) is 90.6 Å². The Hall–Kier alpha value is -1.89. The second kappa shape index (κ2) is 4.96. The van der Waals surface area contributed by atoms with Crippen LogP contribution in [0.25, 0.3) is 0 Å². The maximum Gasteiger partial charge on any atom is 0.342 e. The molecule has 2 rings (SSSR count). The SMILES string of the molecule is CCC(Nc1n[nH]c(=O)[nH]c1=O)c1cccs1. The molecule has 0 aliphatic carbocycles. The lowest BCUT2D eigenvalue weighted by molar-refractivity contribution is 0.744. The minimum atomic E-state index is -0.607. The van der Waals surface area contributed by atoms with E-state index in [1.165, 1.54) is 0 Å². The van der Waals surface area contributed by atoms with E-state index >= 15 is 0 Å². The molecule has 0 radical (unpaired) electrons. The van der Waals surface area contributed by atoms with E-state index in [1.807, 2.05) is 24.4 Å². The van der Waals surface area contributed by atoms with Gasteiger partial charge in [0, 0.05) is 4.88 Å². The van der Waals surface area contributed by atoms with Crippen LogP contribution in [0.1, 0.15) is 24.3 Å². The summed E-state index contributed by atoms with van der Waals surface area (Å²) in [6.07, 6.45) is 0.820. The number of hydrogen-bond donors (Lipinski definition) is 3. The number of aromatic nitrogens is 3. The van der Waals surface area contributed by atoms with Crippen molar-refractivity contribution in [1.82, 2.24) is 15.2 Å². The maximum atomic E-state index is 11.5. The van der Waals surface area contributed by atoms with Gasteiger partial charge in [-0.2, -0.15) is 0 Å². The minimum absolute atomic E-state index is 0.0227. The van der Waals surface area contributed by atoms with Gasteiger partial charge in [0.05, 0.1) is 6.04 Å². The van der Waals surface area contributed by atoms with Crippen molar-refractivity contribution in [1.29, 1.82) is 0 Å². The quantitative estimate of drug-likeness (QED) is 0.759. The summed E-state index contributed by atoms with van der Waals surface area (Å²) in [5.74, 6) is 0.129. The summed E-state index contributed by atoms with van der Waals surface area (Å²) < 4.78 is 0. The van der Waals surface area contributed by atoms with Crippen LogP contribution in [-0.4, -0.2) is 15.2 Å². The molecule has 1 unspecified atom stereocenters. The first-order valence-electron chi connectivity index (χ1n) is 5.19. The molecule has 2 heterocycles. The Morgan fingerprint density at radius 3 is 2.94 bits per heavy atom. The molecule has 0 spiro atoms. The van der Waals surface area contributed by atoms with Gasteiger partial charge in [-0.3, -0.25) is 9.78 Å².